The fourth-order valence-electron chi connectivity index (χ4n) is 1.49. The minimum Gasteiger partial charge on any atom is -0.361 e. The molecular formula is C6H8BrN3O2. The number of carbonyl (C=O) groups excluding carboxylic acids is 1. The summed E-state index contributed by atoms with van der Waals surface area (Å²) in [4.78, 5) is 11.4. The van der Waals surface area contributed by atoms with Crippen molar-refractivity contribution in [3.63, 3.8) is 0 Å². The van der Waals surface area contributed by atoms with E-state index in [2.05, 4.69) is 31.5 Å². The van der Waals surface area contributed by atoms with E-state index in [9.17, 15) is 4.79 Å². The molecule has 1 N–H and O–H groups in total. The Balaban J connectivity index is 2.30. The number of amides is 1. The highest BCUT2D eigenvalue weighted by atomic mass is 79.9. The van der Waals surface area contributed by atoms with Crippen LogP contribution in [0.3, 0.4) is 0 Å². The number of carbonyl (C=O) groups is 1. The highest BCUT2D eigenvalue weighted by Gasteiger charge is 2.57. The van der Waals surface area contributed by atoms with Crippen molar-refractivity contribution in [2.75, 3.05) is 13.7 Å². The van der Waals surface area contributed by atoms with E-state index in [0.29, 0.717) is 6.54 Å². The van der Waals surface area contributed by atoms with E-state index in [1.54, 1.807) is 7.11 Å². The fourth-order valence-corrected chi connectivity index (χ4v) is 2.10. The second kappa shape index (κ2) is 2.50. The van der Waals surface area contributed by atoms with Crippen molar-refractivity contribution in [3.05, 3.63) is 0 Å². The molecule has 1 fully saturated rings. The number of hydrogen-bond acceptors (Lipinski definition) is 4. The SMILES string of the molecule is CO[C@@H]1NC(=O)[C@@]2(Br)N=NC[C@@H]12. The van der Waals surface area contributed by atoms with Crippen LogP contribution in [0.2, 0.25) is 0 Å². The van der Waals surface area contributed by atoms with Crippen LogP contribution in [0.25, 0.3) is 0 Å². The van der Waals surface area contributed by atoms with Crippen molar-refractivity contribution in [3.8, 4) is 0 Å². The van der Waals surface area contributed by atoms with Crippen molar-refractivity contribution in [2.24, 2.45) is 16.1 Å². The molecule has 2 aliphatic rings. The zero-order chi connectivity index (χ0) is 8.77. The van der Waals surface area contributed by atoms with Crippen molar-refractivity contribution >= 4 is 21.8 Å². The number of ether oxygens (including phenoxy) is 1. The summed E-state index contributed by atoms with van der Waals surface area (Å²) in [6, 6.07) is 0. The van der Waals surface area contributed by atoms with Crippen LogP contribution in [0.4, 0.5) is 0 Å². The highest BCUT2D eigenvalue weighted by molar-refractivity contribution is 9.10. The molecule has 0 bridgehead atoms. The van der Waals surface area contributed by atoms with Gasteiger partial charge in [0, 0.05) is 7.11 Å². The summed E-state index contributed by atoms with van der Waals surface area (Å²) in [5.41, 5.74) is 0. The lowest BCUT2D eigenvalue weighted by Crippen LogP contribution is -2.32. The number of nitrogens with zero attached hydrogens (tertiary/aromatic N) is 2. The Hall–Kier alpha value is -0.490. The van der Waals surface area contributed by atoms with Gasteiger partial charge in [-0.3, -0.25) is 4.79 Å². The summed E-state index contributed by atoms with van der Waals surface area (Å²) in [6.45, 7) is 0.530. The Morgan fingerprint density at radius 3 is 3.25 bits per heavy atom. The van der Waals surface area contributed by atoms with Gasteiger partial charge >= 0.3 is 0 Å². The Bertz CT molecular complexity index is 257. The van der Waals surface area contributed by atoms with E-state index in [4.69, 9.17) is 4.74 Å². The molecule has 12 heavy (non-hydrogen) atoms. The van der Waals surface area contributed by atoms with Crippen LogP contribution in [0.5, 0.6) is 0 Å². The smallest absolute Gasteiger partial charge is 0.263 e. The molecule has 0 unspecified atom stereocenters. The maximum atomic E-state index is 11.4. The standard InChI is InChI=1S/C6H8BrN3O2/c1-12-4-3-2-8-10-6(3,7)5(11)9-4/h3-4H,2H2,1H3,(H,9,11)/t3-,4-,6-/m0/s1. The molecule has 1 saturated heterocycles. The predicted octanol–water partition coefficient (Wildman–Crippen LogP) is 0.262. The first-order valence-electron chi connectivity index (χ1n) is 3.60. The number of azo groups is 1. The molecule has 0 saturated carbocycles. The van der Waals surface area contributed by atoms with Gasteiger partial charge in [-0.05, 0) is 15.9 Å². The van der Waals surface area contributed by atoms with Crippen LogP contribution in [-0.2, 0) is 9.53 Å². The van der Waals surface area contributed by atoms with Crippen LogP contribution in [0.1, 0.15) is 0 Å². The monoisotopic (exact) mass is 233 g/mol. The summed E-state index contributed by atoms with van der Waals surface area (Å²) in [6.07, 6.45) is -0.271. The minimum absolute atomic E-state index is 0.0185. The van der Waals surface area contributed by atoms with Gasteiger partial charge in [0.15, 0.2) is 0 Å². The van der Waals surface area contributed by atoms with E-state index < -0.39 is 4.45 Å². The number of fused-ring (bicyclic) bond motifs is 1. The van der Waals surface area contributed by atoms with Gasteiger partial charge in [0.25, 0.3) is 5.91 Å². The van der Waals surface area contributed by atoms with E-state index >= 15 is 0 Å². The van der Waals surface area contributed by atoms with Crippen LogP contribution in [0.15, 0.2) is 10.2 Å². The maximum absolute atomic E-state index is 11.4. The summed E-state index contributed by atoms with van der Waals surface area (Å²) >= 11 is 3.27. The van der Waals surface area contributed by atoms with Gasteiger partial charge in [0.2, 0.25) is 4.45 Å². The topological polar surface area (TPSA) is 63.0 Å². The molecule has 3 atom stereocenters. The summed E-state index contributed by atoms with van der Waals surface area (Å²) in [7, 11) is 1.56. The zero-order valence-electron chi connectivity index (χ0n) is 6.45. The molecule has 66 valence electrons. The number of halogens is 1. The van der Waals surface area contributed by atoms with Crippen LogP contribution >= 0.6 is 15.9 Å². The van der Waals surface area contributed by atoms with E-state index in [1.807, 2.05) is 0 Å². The second-order valence-electron chi connectivity index (χ2n) is 2.83. The first kappa shape index (κ1) is 8.12. The average Bonchev–Trinajstić information content (AvgIpc) is 2.51. The molecule has 2 rings (SSSR count). The number of methoxy groups -OCH3 is 1. The van der Waals surface area contributed by atoms with Gasteiger partial charge in [-0.2, -0.15) is 10.2 Å². The van der Waals surface area contributed by atoms with E-state index in [0.717, 1.165) is 0 Å². The lowest BCUT2D eigenvalue weighted by atomic mass is 10.0. The molecule has 2 heterocycles. The summed E-state index contributed by atoms with van der Waals surface area (Å²) in [5, 5.41) is 10.4. The Morgan fingerprint density at radius 1 is 1.83 bits per heavy atom. The fraction of sp³-hybridized carbons (Fsp3) is 0.833. The molecule has 5 nitrogen and oxygen atoms in total. The largest absolute Gasteiger partial charge is 0.361 e. The maximum Gasteiger partial charge on any atom is 0.263 e. The predicted molar refractivity (Wildman–Crippen MR) is 43.8 cm³/mol. The van der Waals surface area contributed by atoms with Gasteiger partial charge in [-0.25, -0.2) is 0 Å². The van der Waals surface area contributed by atoms with Gasteiger partial charge in [0.1, 0.15) is 6.23 Å². The normalized spacial score (nSPS) is 44.7. The summed E-state index contributed by atoms with van der Waals surface area (Å²) < 4.78 is 4.21. The van der Waals surface area contributed by atoms with Crippen molar-refractivity contribution < 1.29 is 9.53 Å². The van der Waals surface area contributed by atoms with Gasteiger partial charge in [-0.15, -0.1) is 0 Å². The molecule has 0 aliphatic carbocycles. The van der Waals surface area contributed by atoms with Crippen molar-refractivity contribution in [1.82, 2.24) is 5.32 Å². The molecule has 0 aromatic carbocycles. The van der Waals surface area contributed by atoms with E-state index in [-0.39, 0.29) is 18.1 Å². The first-order chi connectivity index (χ1) is 5.68. The molecule has 0 aromatic rings. The average molecular weight is 234 g/mol. The lowest BCUT2D eigenvalue weighted by molar-refractivity contribution is -0.122. The molecule has 2 aliphatic heterocycles. The molecule has 0 aromatic heterocycles. The zero-order valence-corrected chi connectivity index (χ0v) is 8.04. The summed E-state index contributed by atoms with van der Waals surface area (Å²) in [5.74, 6) is -0.185. The first-order valence-corrected chi connectivity index (χ1v) is 4.39. The van der Waals surface area contributed by atoms with Crippen molar-refractivity contribution in [1.29, 1.82) is 0 Å². The Labute approximate surface area is 77.7 Å². The third-order valence-electron chi connectivity index (χ3n) is 2.20. The van der Waals surface area contributed by atoms with Gasteiger partial charge in [-0.1, -0.05) is 0 Å². The number of nitrogens with one attached hydrogen (secondary N) is 1. The Morgan fingerprint density at radius 2 is 2.58 bits per heavy atom. The molecule has 0 radical (unpaired) electrons. The van der Waals surface area contributed by atoms with Crippen LogP contribution in [0, 0.1) is 5.92 Å². The molecule has 6 heteroatoms. The third-order valence-corrected chi connectivity index (χ3v) is 3.30. The number of rotatable bonds is 1. The minimum atomic E-state index is -0.867. The highest BCUT2D eigenvalue weighted by Crippen LogP contribution is 2.41. The molecule has 1 amide bonds. The lowest BCUT2D eigenvalue weighted by Gasteiger charge is -2.15. The number of hydrogen-bond donors (Lipinski definition) is 1. The Kier molecular flexibility index (Phi) is 1.69. The van der Waals surface area contributed by atoms with Crippen LogP contribution < -0.4 is 5.32 Å². The van der Waals surface area contributed by atoms with Crippen LogP contribution in [-0.4, -0.2) is 30.2 Å². The van der Waals surface area contributed by atoms with Crippen molar-refractivity contribution in [2.45, 2.75) is 10.7 Å². The molecule has 0 spiro atoms. The second-order valence-corrected chi connectivity index (χ2v) is 4.04. The number of alkyl halides is 1. The van der Waals surface area contributed by atoms with Gasteiger partial charge in [0.05, 0.1) is 12.5 Å². The quantitative estimate of drug-likeness (QED) is 0.522. The van der Waals surface area contributed by atoms with E-state index in [1.165, 1.54) is 0 Å². The van der Waals surface area contributed by atoms with Gasteiger partial charge < -0.3 is 10.1 Å². The molecular weight excluding hydrogens is 226 g/mol. The third kappa shape index (κ3) is 0.847.